The molecule has 0 amide bonds. The van der Waals surface area contributed by atoms with Crippen LogP contribution in [0, 0.1) is 34.5 Å². The average molecular weight is 537 g/mol. The first kappa shape index (κ1) is 28.5. The van der Waals surface area contributed by atoms with Crippen LogP contribution >= 0.6 is 11.8 Å². The van der Waals surface area contributed by atoms with E-state index in [9.17, 15) is 9.90 Å². The lowest BCUT2D eigenvalue weighted by Crippen LogP contribution is -2.56. The largest absolute Gasteiger partial charge is 0.390 e. The van der Waals surface area contributed by atoms with Crippen molar-refractivity contribution in [2.75, 3.05) is 5.75 Å². The van der Waals surface area contributed by atoms with E-state index in [0.717, 1.165) is 38.0 Å². The van der Waals surface area contributed by atoms with Crippen LogP contribution in [0.4, 0.5) is 0 Å². The van der Waals surface area contributed by atoms with Crippen LogP contribution in [0.1, 0.15) is 117 Å². The number of thioether (sulfide) groups is 1. The minimum atomic E-state index is -0.521. The van der Waals surface area contributed by atoms with E-state index in [2.05, 4.69) is 57.2 Å². The summed E-state index contributed by atoms with van der Waals surface area (Å²) in [5, 5.41) is 11.4. The molecule has 5 rings (SSSR count). The van der Waals surface area contributed by atoms with Gasteiger partial charge in [0.15, 0.2) is 5.78 Å². The number of benzene rings is 1. The number of carbonyl (C=O) groups excluding carboxylic acids is 1. The zero-order chi connectivity index (χ0) is 26.8. The normalized spacial score (nSPS) is 38.3. The van der Waals surface area contributed by atoms with Gasteiger partial charge in [-0.3, -0.25) is 4.79 Å². The molecule has 0 heterocycles. The van der Waals surface area contributed by atoms with Crippen molar-refractivity contribution in [1.82, 2.24) is 0 Å². The van der Waals surface area contributed by atoms with E-state index in [-0.39, 0.29) is 10.8 Å². The summed E-state index contributed by atoms with van der Waals surface area (Å²) in [7, 11) is 0. The SMILES string of the molecule is C[C@]12CCC(=O)C=C1CC(CCCCCCCCCSc1ccccc1)C1C2CC[C@@]2(C)C1CC[C@]2(C)O. The molecular formula is C35H52O2S. The Hall–Kier alpha value is -1.06. The molecule has 0 radical (unpaired) electrons. The van der Waals surface area contributed by atoms with Gasteiger partial charge in [0, 0.05) is 11.3 Å². The highest BCUT2D eigenvalue weighted by Crippen LogP contribution is 2.69. The second kappa shape index (κ2) is 11.8. The van der Waals surface area contributed by atoms with Gasteiger partial charge in [0.1, 0.15) is 0 Å². The molecule has 3 heteroatoms. The van der Waals surface area contributed by atoms with Crippen LogP contribution in [0.2, 0.25) is 0 Å². The Labute approximate surface area is 236 Å². The third-order valence-electron chi connectivity index (χ3n) is 11.9. The van der Waals surface area contributed by atoms with Crippen LogP contribution in [0.5, 0.6) is 0 Å². The zero-order valence-electron chi connectivity index (χ0n) is 24.4. The predicted octanol–water partition coefficient (Wildman–Crippen LogP) is 9.41. The fourth-order valence-electron chi connectivity index (χ4n) is 9.34. The maximum Gasteiger partial charge on any atom is 0.155 e. The van der Waals surface area contributed by atoms with Gasteiger partial charge < -0.3 is 5.11 Å². The van der Waals surface area contributed by atoms with Crippen LogP contribution < -0.4 is 0 Å². The summed E-state index contributed by atoms with van der Waals surface area (Å²) in [6.07, 6.45) is 20.3. The van der Waals surface area contributed by atoms with Crippen molar-refractivity contribution in [1.29, 1.82) is 0 Å². The van der Waals surface area contributed by atoms with Crippen molar-refractivity contribution in [3.8, 4) is 0 Å². The maximum atomic E-state index is 12.4. The molecule has 1 N–H and O–H groups in total. The van der Waals surface area contributed by atoms with Gasteiger partial charge in [-0.15, -0.1) is 11.8 Å². The molecule has 0 bridgehead atoms. The van der Waals surface area contributed by atoms with Gasteiger partial charge in [0.2, 0.25) is 0 Å². The van der Waals surface area contributed by atoms with Crippen LogP contribution in [0.3, 0.4) is 0 Å². The summed E-state index contributed by atoms with van der Waals surface area (Å²) in [6.45, 7) is 7.03. The molecule has 0 aliphatic heterocycles. The highest BCUT2D eigenvalue weighted by molar-refractivity contribution is 7.99. The number of rotatable bonds is 11. The lowest BCUT2D eigenvalue weighted by Gasteiger charge is -2.61. The number of aliphatic hydroxyl groups is 1. The monoisotopic (exact) mass is 536 g/mol. The minimum absolute atomic E-state index is 0.0628. The van der Waals surface area contributed by atoms with Gasteiger partial charge >= 0.3 is 0 Å². The van der Waals surface area contributed by atoms with E-state index in [1.54, 1.807) is 0 Å². The quantitative estimate of drug-likeness (QED) is 0.226. The molecule has 0 aromatic heterocycles. The summed E-state index contributed by atoms with van der Waals surface area (Å²) in [6, 6.07) is 10.8. The molecular weight excluding hydrogens is 484 g/mol. The Morgan fingerprint density at radius 1 is 0.868 bits per heavy atom. The first-order chi connectivity index (χ1) is 18.2. The number of carbonyl (C=O) groups is 1. The van der Waals surface area contributed by atoms with Crippen molar-refractivity contribution in [3.63, 3.8) is 0 Å². The van der Waals surface area contributed by atoms with E-state index >= 15 is 0 Å². The zero-order valence-corrected chi connectivity index (χ0v) is 25.2. The molecule has 3 saturated carbocycles. The fraction of sp³-hybridized carbons (Fsp3) is 0.743. The summed E-state index contributed by atoms with van der Waals surface area (Å²) in [5.74, 6) is 4.35. The highest BCUT2D eigenvalue weighted by Gasteiger charge is 2.64. The molecule has 2 nitrogen and oxygen atoms in total. The van der Waals surface area contributed by atoms with E-state index in [4.69, 9.17) is 0 Å². The molecule has 1 aromatic rings. The van der Waals surface area contributed by atoms with Crippen molar-refractivity contribution in [3.05, 3.63) is 42.0 Å². The smallest absolute Gasteiger partial charge is 0.155 e. The van der Waals surface area contributed by atoms with Gasteiger partial charge in [0.25, 0.3) is 0 Å². The lowest BCUT2D eigenvalue weighted by molar-refractivity contribution is -0.135. The summed E-state index contributed by atoms with van der Waals surface area (Å²) in [5.41, 5.74) is 1.24. The van der Waals surface area contributed by atoms with Crippen molar-refractivity contribution in [2.24, 2.45) is 34.5 Å². The van der Waals surface area contributed by atoms with Crippen LogP contribution in [-0.2, 0) is 4.79 Å². The first-order valence-electron chi connectivity index (χ1n) is 15.9. The molecule has 38 heavy (non-hydrogen) atoms. The second-order valence-corrected chi connectivity index (χ2v) is 15.2. The van der Waals surface area contributed by atoms with E-state index < -0.39 is 5.60 Å². The van der Waals surface area contributed by atoms with Gasteiger partial charge in [-0.25, -0.2) is 0 Å². The summed E-state index contributed by atoms with van der Waals surface area (Å²) < 4.78 is 0. The number of ketones is 1. The molecule has 0 saturated heterocycles. The standard InChI is InChI=1S/C35H52O2S/c1-33-20-17-28(36)25-27(33)24-26(32-30(33)18-21-34(2)31(32)19-22-35(34,3)37)14-10-7-5-4-6-8-13-23-38-29-15-11-9-12-16-29/h9,11-12,15-16,25-26,30-32,37H,4-8,10,13-14,17-24H2,1-3H3/t26?,30?,31?,32?,33-,34-,35-/m0/s1. The Morgan fingerprint density at radius 2 is 1.55 bits per heavy atom. The topological polar surface area (TPSA) is 37.3 Å². The Bertz CT molecular complexity index is 983. The van der Waals surface area contributed by atoms with E-state index in [1.165, 1.54) is 80.4 Å². The maximum absolute atomic E-state index is 12.4. The third-order valence-corrected chi connectivity index (χ3v) is 13.0. The number of allylic oxidation sites excluding steroid dienone is 1. The number of unbranched alkanes of at least 4 members (excludes halogenated alkanes) is 6. The fourth-order valence-corrected chi connectivity index (χ4v) is 10.3. The van der Waals surface area contributed by atoms with Gasteiger partial charge in [-0.1, -0.05) is 76.1 Å². The average Bonchev–Trinajstić information content (AvgIpc) is 3.15. The molecule has 4 aliphatic rings. The molecule has 7 atom stereocenters. The summed E-state index contributed by atoms with van der Waals surface area (Å²) >= 11 is 1.99. The van der Waals surface area contributed by atoms with Crippen molar-refractivity contribution in [2.45, 2.75) is 128 Å². The van der Waals surface area contributed by atoms with Crippen molar-refractivity contribution >= 4 is 17.5 Å². The third kappa shape index (κ3) is 5.58. The van der Waals surface area contributed by atoms with Crippen LogP contribution in [0.25, 0.3) is 0 Å². The molecule has 4 unspecified atom stereocenters. The Kier molecular flexibility index (Phi) is 8.85. The number of hydrogen-bond donors (Lipinski definition) is 1. The van der Waals surface area contributed by atoms with Crippen molar-refractivity contribution < 1.29 is 9.90 Å². The van der Waals surface area contributed by atoms with Gasteiger partial charge in [-0.2, -0.15) is 0 Å². The second-order valence-electron chi connectivity index (χ2n) is 14.0. The molecule has 210 valence electrons. The first-order valence-corrected chi connectivity index (χ1v) is 16.9. The van der Waals surface area contributed by atoms with E-state index in [1.807, 2.05) is 11.8 Å². The van der Waals surface area contributed by atoms with Crippen LogP contribution in [-0.4, -0.2) is 22.2 Å². The van der Waals surface area contributed by atoms with E-state index in [0.29, 0.717) is 23.5 Å². The Morgan fingerprint density at radius 3 is 2.32 bits per heavy atom. The molecule has 3 fully saturated rings. The minimum Gasteiger partial charge on any atom is -0.390 e. The number of hydrogen-bond acceptors (Lipinski definition) is 3. The number of fused-ring (bicyclic) bond motifs is 5. The van der Waals surface area contributed by atoms with Gasteiger partial charge in [0.05, 0.1) is 5.60 Å². The lowest BCUT2D eigenvalue weighted by atomic mass is 9.44. The van der Waals surface area contributed by atoms with Crippen LogP contribution in [0.15, 0.2) is 46.9 Å². The molecule has 1 aromatic carbocycles. The predicted molar refractivity (Wildman–Crippen MR) is 160 cm³/mol. The Balaban J connectivity index is 1.12. The molecule has 0 spiro atoms. The van der Waals surface area contributed by atoms with Gasteiger partial charge in [-0.05, 0) is 117 Å². The molecule has 4 aliphatic carbocycles. The highest BCUT2D eigenvalue weighted by atomic mass is 32.2. The summed E-state index contributed by atoms with van der Waals surface area (Å²) in [4.78, 5) is 13.8.